The standard InChI is InChI=1S/C45H26N4O2/c1-3-12-27(13-4-1)43-46-44(28-14-5-2-6-15-28)48-45(47-43)33-19-11-18-32-35-24-29(22-23-40(35)51-42(32)33)49-37-20-9-7-16-30(37)34-26-41-36(25-38(34)49)31-17-8-10-21-39(31)50-41/h1-26H. The molecule has 4 heterocycles. The van der Waals surface area contributed by atoms with Gasteiger partial charge in [0.2, 0.25) is 0 Å². The van der Waals surface area contributed by atoms with Gasteiger partial charge >= 0.3 is 0 Å². The Bertz CT molecular complexity index is 3080. The number of nitrogens with zero attached hydrogens (tertiary/aromatic N) is 4. The lowest BCUT2D eigenvalue weighted by Crippen LogP contribution is -2.00. The van der Waals surface area contributed by atoms with Crippen LogP contribution < -0.4 is 0 Å². The monoisotopic (exact) mass is 654 g/mol. The molecule has 0 aliphatic carbocycles. The molecule has 0 spiro atoms. The number of benzene rings is 7. The van der Waals surface area contributed by atoms with Crippen molar-refractivity contribution in [3.8, 4) is 39.9 Å². The molecular weight excluding hydrogens is 629 g/mol. The first-order valence-corrected chi connectivity index (χ1v) is 16.9. The van der Waals surface area contributed by atoms with E-state index in [1.807, 2.05) is 78.9 Å². The van der Waals surface area contributed by atoms with Crippen molar-refractivity contribution in [1.29, 1.82) is 0 Å². The molecule has 11 rings (SSSR count). The highest BCUT2D eigenvalue weighted by atomic mass is 16.3. The number of hydrogen-bond donors (Lipinski definition) is 0. The van der Waals surface area contributed by atoms with Gasteiger partial charge in [-0.1, -0.05) is 109 Å². The first-order chi connectivity index (χ1) is 25.3. The van der Waals surface area contributed by atoms with E-state index in [0.29, 0.717) is 17.5 Å². The second kappa shape index (κ2) is 10.7. The third-order valence-corrected chi connectivity index (χ3v) is 9.85. The highest BCUT2D eigenvalue weighted by molar-refractivity contribution is 6.17. The lowest BCUT2D eigenvalue weighted by Gasteiger charge is -2.08. The maximum atomic E-state index is 6.65. The fourth-order valence-electron chi connectivity index (χ4n) is 7.50. The van der Waals surface area contributed by atoms with Crippen molar-refractivity contribution >= 4 is 65.7 Å². The fourth-order valence-corrected chi connectivity index (χ4v) is 7.50. The van der Waals surface area contributed by atoms with Crippen molar-refractivity contribution in [2.45, 2.75) is 0 Å². The minimum Gasteiger partial charge on any atom is -0.456 e. The van der Waals surface area contributed by atoms with Crippen molar-refractivity contribution in [3.63, 3.8) is 0 Å². The number of hydrogen-bond acceptors (Lipinski definition) is 5. The molecule has 0 aliphatic rings. The molecule has 4 aromatic heterocycles. The Labute approximate surface area is 290 Å². The van der Waals surface area contributed by atoms with Crippen LogP contribution in [0, 0.1) is 0 Å². The smallest absolute Gasteiger partial charge is 0.167 e. The van der Waals surface area contributed by atoms with Crippen LogP contribution >= 0.6 is 0 Å². The number of furan rings is 2. The molecule has 6 nitrogen and oxygen atoms in total. The number of aromatic nitrogens is 4. The highest BCUT2D eigenvalue weighted by Gasteiger charge is 2.20. The molecule has 0 N–H and O–H groups in total. The van der Waals surface area contributed by atoms with Crippen LogP contribution in [0.2, 0.25) is 0 Å². The zero-order valence-corrected chi connectivity index (χ0v) is 27.1. The van der Waals surface area contributed by atoms with Crippen LogP contribution in [0.5, 0.6) is 0 Å². The van der Waals surface area contributed by atoms with Crippen molar-refractivity contribution < 1.29 is 8.83 Å². The molecule has 0 bridgehead atoms. The number of fused-ring (bicyclic) bond motifs is 9. The van der Waals surface area contributed by atoms with Gasteiger partial charge in [-0.05, 0) is 48.5 Å². The summed E-state index contributed by atoms with van der Waals surface area (Å²) in [5, 5.41) is 6.55. The van der Waals surface area contributed by atoms with Gasteiger partial charge in [0.1, 0.15) is 22.3 Å². The van der Waals surface area contributed by atoms with Gasteiger partial charge in [-0.15, -0.1) is 0 Å². The third-order valence-electron chi connectivity index (χ3n) is 9.85. The number of rotatable bonds is 4. The van der Waals surface area contributed by atoms with E-state index < -0.39 is 0 Å². The first-order valence-electron chi connectivity index (χ1n) is 16.9. The average molecular weight is 655 g/mol. The molecule has 0 saturated heterocycles. The Hall–Kier alpha value is -7.05. The first kappa shape index (κ1) is 27.9. The van der Waals surface area contributed by atoms with Gasteiger partial charge in [0.25, 0.3) is 0 Å². The summed E-state index contributed by atoms with van der Waals surface area (Å²) in [6.07, 6.45) is 0. The lowest BCUT2D eigenvalue weighted by molar-refractivity contribution is 0.669. The molecule has 0 saturated carbocycles. The molecule has 11 aromatic rings. The Morgan fingerprint density at radius 2 is 1.00 bits per heavy atom. The van der Waals surface area contributed by atoms with Crippen LogP contribution in [-0.2, 0) is 0 Å². The molecule has 51 heavy (non-hydrogen) atoms. The minimum atomic E-state index is 0.561. The van der Waals surface area contributed by atoms with Crippen molar-refractivity contribution in [2.75, 3.05) is 0 Å². The predicted octanol–water partition coefficient (Wildman–Crippen LogP) is 11.8. The molecular formula is C45H26N4O2. The summed E-state index contributed by atoms with van der Waals surface area (Å²) in [7, 11) is 0. The van der Waals surface area contributed by atoms with Crippen LogP contribution in [0.4, 0.5) is 0 Å². The Balaban J connectivity index is 1.13. The molecule has 7 aromatic carbocycles. The largest absolute Gasteiger partial charge is 0.456 e. The minimum absolute atomic E-state index is 0.561. The molecule has 238 valence electrons. The maximum absolute atomic E-state index is 6.65. The Morgan fingerprint density at radius 3 is 1.78 bits per heavy atom. The highest BCUT2D eigenvalue weighted by Crippen LogP contribution is 2.41. The van der Waals surface area contributed by atoms with Gasteiger partial charge in [0.15, 0.2) is 17.5 Å². The van der Waals surface area contributed by atoms with Crippen LogP contribution in [0.3, 0.4) is 0 Å². The van der Waals surface area contributed by atoms with E-state index in [0.717, 1.165) is 82.7 Å². The summed E-state index contributed by atoms with van der Waals surface area (Å²) >= 11 is 0. The molecule has 0 fully saturated rings. The average Bonchev–Trinajstić information content (AvgIpc) is 3.86. The van der Waals surface area contributed by atoms with Crippen molar-refractivity contribution in [1.82, 2.24) is 19.5 Å². The van der Waals surface area contributed by atoms with Crippen molar-refractivity contribution in [2.24, 2.45) is 0 Å². The van der Waals surface area contributed by atoms with Crippen molar-refractivity contribution in [3.05, 3.63) is 158 Å². The SMILES string of the molecule is c1ccc(-c2nc(-c3ccccc3)nc(-c3cccc4c3oc3ccc(-n5c6ccccc6c6cc7oc8ccccc8c7cc65)cc34)n2)cc1. The second-order valence-electron chi connectivity index (χ2n) is 12.8. The number of para-hydroxylation sites is 3. The molecule has 0 radical (unpaired) electrons. The molecule has 6 heteroatoms. The van der Waals surface area contributed by atoms with E-state index in [1.165, 1.54) is 5.39 Å². The van der Waals surface area contributed by atoms with Gasteiger partial charge in [-0.3, -0.25) is 0 Å². The van der Waals surface area contributed by atoms with E-state index in [4.69, 9.17) is 23.8 Å². The van der Waals surface area contributed by atoms with Crippen LogP contribution in [-0.4, -0.2) is 19.5 Å². The molecule has 0 aliphatic heterocycles. The summed E-state index contributed by atoms with van der Waals surface area (Å²) < 4.78 is 15.3. The zero-order chi connectivity index (χ0) is 33.5. The van der Waals surface area contributed by atoms with Gasteiger partial charge in [0.05, 0.1) is 16.6 Å². The predicted molar refractivity (Wildman–Crippen MR) is 205 cm³/mol. The summed E-state index contributed by atoms with van der Waals surface area (Å²) in [4.78, 5) is 14.9. The second-order valence-corrected chi connectivity index (χ2v) is 12.8. The topological polar surface area (TPSA) is 69.9 Å². The van der Waals surface area contributed by atoms with Gasteiger partial charge in [-0.25, -0.2) is 15.0 Å². The molecule has 0 unspecified atom stereocenters. The molecule has 0 atom stereocenters. The van der Waals surface area contributed by atoms with E-state index in [-0.39, 0.29) is 0 Å². The Kier molecular flexibility index (Phi) is 5.86. The van der Waals surface area contributed by atoms with E-state index in [9.17, 15) is 0 Å². The lowest BCUT2D eigenvalue weighted by atomic mass is 10.1. The van der Waals surface area contributed by atoms with Crippen LogP contribution in [0.1, 0.15) is 0 Å². The van der Waals surface area contributed by atoms with Crippen LogP contribution in [0.25, 0.3) is 106 Å². The normalized spacial score (nSPS) is 11.9. The quantitative estimate of drug-likeness (QED) is 0.189. The van der Waals surface area contributed by atoms with Gasteiger partial charge < -0.3 is 13.4 Å². The summed E-state index contributed by atoms with van der Waals surface area (Å²) in [6, 6.07) is 53.9. The fraction of sp³-hybridized carbons (Fsp3) is 0. The third kappa shape index (κ3) is 4.26. The summed E-state index contributed by atoms with van der Waals surface area (Å²) in [6.45, 7) is 0. The summed E-state index contributed by atoms with van der Waals surface area (Å²) in [5.41, 5.74) is 9.27. The van der Waals surface area contributed by atoms with Crippen LogP contribution in [0.15, 0.2) is 167 Å². The zero-order valence-electron chi connectivity index (χ0n) is 27.1. The van der Waals surface area contributed by atoms with E-state index >= 15 is 0 Å². The Morgan fingerprint density at radius 1 is 0.373 bits per heavy atom. The van der Waals surface area contributed by atoms with E-state index in [2.05, 4.69) is 83.4 Å². The van der Waals surface area contributed by atoms with Gasteiger partial charge in [0, 0.05) is 49.1 Å². The maximum Gasteiger partial charge on any atom is 0.167 e. The van der Waals surface area contributed by atoms with E-state index in [1.54, 1.807) is 0 Å². The van der Waals surface area contributed by atoms with Gasteiger partial charge in [-0.2, -0.15) is 0 Å². The summed E-state index contributed by atoms with van der Waals surface area (Å²) in [5.74, 6) is 1.78. The molecule has 0 amide bonds.